The molecule has 3 aliphatic rings. The zero-order valence-electron chi connectivity index (χ0n) is 31.3. The molecule has 286 valence electrons. The number of benzene rings is 2. The Labute approximate surface area is 318 Å². The van der Waals surface area contributed by atoms with Gasteiger partial charge in [0.2, 0.25) is 5.91 Å². The molecule has 2 aliphatic heterocycles. The van der Waals surface area contributed by atoms with Crippen molar-refractivity contribution in [3.05, 3.63) is 71.7 Å². The fraction of sp³-hybridized carbons (Fsp3) is 0.425. The van der Waals surface area contributed by atoms with Gasteiger partial charge in [-0.25, -0.2) is 4.98 Å². The second-order valence-electron chi connectivity index (χ2n) is 14.8. The summed E-state index contributed by atoms with van der Waals surface area (Å²) in [7, 11) is 1.51. The average Bonchev–Trinajstić information content (AvgIpc) is 3.77. The lowest BCUT2D eigenvalue weighted by Gasteiger charge is -2.37. The van der Waals surface area contributed by atoms with E-state index in [1.165, 1.54) is 13.5 Å². The molecule has 3 fully saturated rings. The van der Waals surface area contributed by atoms with Gasteiger partial charge in [-0.15, -0.1) is 0 Å². The fourth-order valence-corrected chi connectivity index (χ4v) is 8.29. The molecule has 1 saturated carbocycles. The summed E-state index contributed by atoms with van der Waals surface area (Å²) in [5, 5.41) is 15.5. The van der Waals surface area contributed by atoms with Crippen LogP contribution in [0, 0.1) is 12.8 Å². The Kier molecular flexibility index (Phi) is 10.2. The Morgan fingerprint density at radius 2 is 1.89 bits per heavy atom. The van der Waals surface area contributed by atoms with E-state index in [2.05, 4.69) is 36.6 Å². The molecule has 0 spiro atoms. The highest BCUT2D eigenvalue weighted by Crippen LogP contribution is 2.34. The van der Waals surface area contributed by atoms with Crippen LogP contribution in [-0.2, 0) is 9.59 Å². The van der Waals surface area contributed by atoms with Gasteiger partial charge in [0.15, 0.2) is 11.5 Å². The van der Waals surface area contributed by atoms with E-state index in [-0.39, 0.29) is 23.8 Å². The molecule has 1 atom stereocenters. The molecule has 1 aliphatic carbocycles. The number of methoxy groups -OCH3 is 1. The van der Waals surface area contributed by atoms with E-state index in [9.17, 15) is 14.4 Å². The second-order valence-corrected chi connectivity index (χ2v) is 14.8. The standard InChI is InChI=1S/C40H47N11O4/c1-25-38-31(5-3-6-32(38)50(47-25)33-12-13-37(52)46-40(33)54)49-19-17-48(18-20-49)16-14-26-8-10-28(11-9-26)42-23-27-21-29(34(55-2)22-30(27)41)39(53)45-36-24-43-35-7-4-15-44-51(35)36/h3-7,15,21-24,26,28,33H,8-14,16-20,41H2,1-2H3,(H,45,53)(H,46,52,54). The SMILES string of the molecule is COc1cc(N)c(C=NC2CCC(CCN3CCN(c4cccc5c4c(C)nn5C4CCC(=O)NC4=O)CC3)CC2)cc1C(=O)Nc1cnc2cccnn12. The van der Waals surface area contributed by atoms with Crippen molar-refractivity contribution in [3.63, 3.8) is 0 Å². The Morgan fingerprint density at radius 1 is 1.07 bits per heavy atom. The molecule has 4 N–H and O–H groups in total. The lowest BCUT2D eigenvalue weighted by molar-refractivity contribution is -0.135. The van der Waals surface area contributed by atoms with Gasteiger partial charge in [-0.2, -0.15) is 14.7 Å². The first-order valence-corrected chi connectivity index (χ1v) is 19.2. The maximum absolute atomic E-state index is 13.4. The Balaban J connectivity index is 0.825. The number of aryl methyl sites for hydroxylation is 1. The molecule has 3 amide bonds. The number of piperazine rings is 1. The summed E-state index contributed by atoms with van der Waals surface area (Å²) in [6.07, 6.45) is 11.3. The number of hydrogen-bond donors (Lipinski definition) is 3. The number of ether oxygens (including phenoxy) is 1. The number of amides is 3. The van der Waals surface area contributed by atoms with Crippen LogP contribution in [0.2, 0.25) is 0 Å². The molecular formula is C40H47N11O4. The second kappa shape index (κ2) is 15.5. The molecule has 8 rings (SSSR count). The van der Waals surface area contributed by atoms with Gasteiger partial charge < -0.3 is 20.7 Å². The van der Waals surface area contributed by atoms with Crippen LogP contribution in [0.5, 0.6) is 5.75 Å². The fourth-order valence-electron chi connectivity index (χ4n) is 8.29. The molecule has 55 heavy (non-hydrogen) atoms. The number of nitrogens with zero attached hydrogens (tertiary/aromatic N) is 8. The first-order chi connectivity index (χ1) is 26.7. The van der Waals surface area contributed by atoms with Crippen LogP contribution in [-0.4, -0.2) is 99.1 Å². The Bertz CT molecular complexity index is 2260. The number of nitrogen functional groups attached to an aromatic ring is 1. The van der Waals surface area contributed by atoms with Crippen LogP contribution in [0.4, 0.5) is 17.2 Å². The van der Waals surface area contributed by atoms with Gasteiger partial charge in [0.25, 0.3) is 11.8 Å². The molecule has 3 aromatic heterocycles. The maximum atomic E-state index is 13.4. The van der Waals surface area contributed by atoms with E-state index >= 15 is 0 Å². The number of fused-ring (bicyclic) bond motifs is 2. The normalized spacial score (nSPS) is 21.1. The van der Waals surface area contributed by atoms with Crippen molar-refractivity contribution in [3.8, 4) is 5.75 Å². The smallest absolute Gasteiger partial charge is 0.260 e. The van der Waals surface area contributed by atoms with E-state index in [4.69, 9.17) is 20.6 Å². The van der Waals surface area contributed by atoms with Gasteiger partial charge in [0.05, 0.1) is 30.1 Å². The molecule has 5 aromatic rings. The lowest BCUT2D eigenvalue weighted by atomic mass is 9.84. The Hall–Kier alpha value is -5.83. The minimum absolute atomic E-state index is 0.216. The molecule has 2 saturated heterocycles. The average molecular weight is 746 g/mol. The number of carbonyl (C=O) groups excluding carboxylic acids is 3. The monoisotopic (exact) mass is 745 g/mol. The van der Waals surface area contributed by atoms with Gasteiger partial charge in [-0.3, -0.25) is 34.3 Å². The van der Waals surface area contributed by atoms with Crippen LogP contribution in [0.25, 0.3) is 16.6 Å². The van der Waals surface area contributed by atoms with Crippen LogP contribution in [0.1, 0.15) is 72.6 Å². The third kappa shape index (κ3) is 7.48. The molecule has 2 aromatic carbocycles. The molecule has 15 nitrogen and oxygen atoms in total. The quantitative estimate of drug-likeness (QED) is 0.106. The molecule has 5 heterocycles. The summed E-state index contributed by atoms with van der Waals surface area (Å²) >= 11 is 0. The number of rotatable bonds is 10. The summed E-state index contributed by atoms with van der Waals surface area (Å²) in [4.78, 5) is 51.9. The number of hydrogen-bond acceptors (Lipinski definition) is 11. The summed E-state index contributed by atoms with van der Waals surface area (Å²) in [5.74, 6) is 0.650. The van der Waals surface area contributed by atoms with Crippen LogP contribution in [0.3, 0.4) is 0 Å². The molecule has 0 radical (unpaired) electrons. The van der Waals surface area contributed by atoms with Gasteiger partial charge >= 0.3 is 0 Å². The first-order valence-electron chi connectivity index (χ1n) is 19.2. The van der Waals surface area contributed by atoms with E-state index in [1.807, 2.05) is 29.8 Å². The number of aromatic nitrogens is 5. The number of piperidine rings is 1. The van der Waals surface area contributed by atoms with Crippen molar-refractivity contribution in [2.75, 3.05) is 55.8 Å². The van der Waals surface area contributed by atoms with E-state index in [1.54, 1.807) is 41.3 Å². The van der Waals surface area contributed by atoms with Gasteiger partial charge in [-0.1, -0.05) is 6.07 Å². The first kappa shape index (κ1) is 36.2. The third-order valence-corrected chi connectivity index (χ3v) is 11.4. The van der Waals surface area contributed by atoms with Crippen LogP contribution >= 0.6 is 0 Å². The largest absolute Gasteiger partial charge is 0.496 e. The lowest BCUT2D eigenvalue weighted by Crippen LogP contribution is -2.47. The minimum atomic E-state index is -0.475. The Morgan fingerprint density at radius 3 is 2.67 bits per heavy atom. The van der Waals surface area contributed by atoms with Crippen molar-refractivity contribution >= 4 is 57.7 Å². The predicted molar refractivity (Wildman–Crippen MR) is 211 cm³/mol. The van der Waals surface area contributed by atoms with E-state index in [0.29, 0.717) is 52.8 Å². The number of imide groups is 1. The van der Waals surface area contributed by atoms with Crippen molar-refractivity contribution in [2.24, 2.45) is 10.9 Å². The minimum Gasteiger partial charge on any atom is -0.496 e. The van der Waals surface area contributed by atoms with Crippen molar-refractivity contribution in [1.29, 1.82) is 0 Å². The van der Waals surface area contributed by atoms with Gasteiger partial charge in [0, 0.05) is 79.4 Å². The summed E-state index contributed by atoms with van der Waals surface area (Å²) in [6.45, 7) is 6.94. The highest BCUT2D eigenvalue weighted by molar-refractivity contribution is 6.08. The molecule has 1 unspecified atom stereocenters. The number of imidazole rings is 1. The predicted octanol–water partition coefficient (Wildman–Crippen LogP) is 4.40. The third-order valence-electron chi connectivity index (χ3n) is 11.4. The van der Waals surface area contributed by atoms with E-state index in [0.717, 1.165) is 80.7 Å². The van der Waals surface area contributed by atoms with Crippen LogP contribution < -0.4 is 26.0 Å². The summed E-state index contributed by atoms with van der Waals surface area (Å²) in [6, 6.07) is 13.0. The van der Waals surface area contributed by atoms with Crippen LogP contribution in [0.15, 0.2) is 59.9 Å². The summed E-state index contributed by atoms with van der Waals surface area (Å²) in [5.41, 5.74) is 11.5. The number of carbonyl (C=O) groups is 3. The highest BCUT2D eigenvalue weighted by Gasteiger charge is 2.31. The number of nitrogens with two attached hydrogens (primary N) is 1. The zero-order chi connectivity index (χ0) is 38.1. The molecule has 15 heteroatoms. The van der Waals surface area contributed by atoms with E-state index < -0.39 is 6.04 Å². The van der Waals surface area contributed by atoms with Crippen molar-refractivity contribution < 1.29 is 19.1 Å². The number of aliphatic imine (C=N–C) groups is 1. The maximum Gasteiger partial charge on any atom is 0.260 e. The molecule has 0 bridgehead atoms. The zero-order valence-corrected chi connectivity index (χ0v) is 31.3. The van der Waals surface area contributed by atoms with Gasteiger partial charge in [0.1, 0.15) is 11.8 Å². The van der Waals surface area contributed by atoms with Gasteiger partial charge in [-0.05, 0) is 88.2 Å². The number of nitrogens with one attached hydrogen (secondary N) is 2. The number of anilines is 3. The topological polar surface area (TPSA) is 177 Å². The highest BCUT2D eigenvalue weighted by atomic mass is 16.5. The van der Waals surface area contributed by atoms with Crippen molar-refractivity contribution in [1.82, 2.24) is 34.6 Å². The van der Waals surface area contributed by atoms with Crippen molar-refractivity contribution in [2.45, 2.75) is 64.0 Å². The summed E-state index contributed by atoms with van der Waals surface area (Å²) < 4.78 is 8.87. The molecular weight excluding hydrogens is 699 g/mol.